The topological polar surface area (TPSA) is 62.5 Å². The highest BCUT2D eigenvalue weighted by molar-refractivity contribution is 7.22. The largest absolute Gasteiger partial charge is 0.366 e. The second-order valence-electron chi connectivity index (χ2n) is 5.66. The highest BCUT2D eigenvalue weighted by Crippen LogP contribution is 2.32. The molecule has 2 heterocycles. The molecule has 1 fully saturated rings. The minimum absolute atomic E-state index is 0.417. The highest BCUT2D eigenvalue weighted by Gasteiger charge is 2.23. The normalized spacial score (nSPS) is 17.2. The molecule has 1 aromatic heterocycles. The molecule has 1 saturated heterocycles. The number of carbonyl (C=O) groups is 1. The van der Waals surface area contributed by atoms with Crippen molar-refractivity contribution in [1.82, 2.24) is 9.88 Å². The molecule has 0 atom stereocenters. The van der Waals surface area contributed by atoms with Gasteiger partial charge in [-0.2, -0.15) is 0 Å². The molecule has 1 aromatic carbocycles. The molecule has 1 amide bonds. The molecule has 112 valence electrons. The number of benzene rings is 1. The van der Waals surface area contributed by atoms with Gasteiger partial charge in [0.25, 0.3) is 5.91 Å². The summed E-state index contributed by atoms with van der Waals surface area (Å²) in [6, 6.07) is 6.11. The minimum atomic E-state index is -0.417. The van der Waals surface area contributed by atoms with Crippen molar-refractivity contribution in [3.05, 3.63) is 23.8 Å². The first-order valence-electron chi connectivity index (χ1n) is 7.17. The number of rotatable bonds is 3. The Labute approximate surface area is 128 Å². The van der Waals surface area contributed by atoms with E-state index in [2.05, 4.69) is 28.9 Å². The van der Waals surface area contributed by atoms with Gasteiger partial charge in [-0.1, -0.05) is 17.4 Å². The second-order valence-corrected chi connectivity index (χ2v) is 6.67. The van der Waals surface area contributed by atoms with Gasteiger partial charge in [-0.3, -0.25) is 4.79 Å². The van der Waals surface area contributed by atoms with Gasteiger partial charge >= 0.3 is 0 Å². The fourth-order valence-electron chi connectivity index (χ4n) is 2.82. The second kappa shape index (κ2) is 5.61. The molecule has 0 spiro atoms. The van der Waals surface area contributed by atoms with Crippen LogP contribution in [0.2, 0.25) is 0 Å². The van der Waals surface area contributed by atoms with Crippen molar-refractivity contribution in [2.45, 2.75) is 18.9 Å². The highest BCUT2D eigenvalue weighted by atomic mass is 32.1. The van der Waals surface area contributed by atoms with Crippen molar-refractivity contribution >= 4 is 32.6 Å². The predicted octanol–water partition coefficient (Wildman–Crippen LogP) is 1.93. The van der Waals surface area contributed by atoms with Crippen molar-refractivity contribution in [3.8, 4) is 0 Å². The Hall–Kier alpha value is -1.66. The van der Waals surface area contributed by atoms with Gasteiger partial charge in [0.2, 0.25) is 0 Å². The van der Waals surface area contributed by atoms with E-state index in [1.807, 2.05) is 12.1 Å². The van der Waals surface area contributed by atoms with Crippen LogP contribution in [-0.4, -0.2) is 49.0 Å². The van der Waals surface area contributed by atoms with Crippen LogP contribution in [0.3, 0.4) is 0 Å². The summed E-state index contributed by atoms with van der Waals surface area (Å²) in [5, 5.41) is 0.966. The van der Waals surface area contributed by atoms with Crippen LogP contribution in [0, 0.1) is 0 Å². The van der Waals surface area contributed by atoms with Crippen LogP contribution in [0.1, 0.15) is 23.2 Å². The van der Waals surface area contributed by atoms with Crippen molar-refractivity contribution in [2.24, 2.45) is 5.73 Å². The lowest BCUT2D eigenvalue weighted by atomic mass is 10.0. The van der Waals surface area contributed by atoms with Gasteiger partial charge in [0.15, 0.2) is 5.13 Å². The molecule has 2 N–H and O–H groups in total. The molecule has 3 rings (SSSR count). The van der Waals surface area contributed by atoms with Gasteiger partial charge in [0, 0.05) is 13.1 Å². The third-order valence-corrected chi connectivity index (χ3v) is 5.32. The van der Waals surface area contributed by atoms with Gasteiger partial charge in [-0.15, -0.1) is 0 Å². The number of nitrogens with two attached hydrogens (primary N) is 1. The average molecular weight is 304 g/mol. The third-order valence-electron chi connectivity index (χ3n) is 4.21. The van der Waals surface area contributed by atoms with Crippen molar-refractivity contribution in [2.75, 3.05) is 32.1 Å². The molecule has 0 saturated carbocycles. The number of para-hydroxylation sites is 1. The lowest BCUT2D eigenvalue weighted by Crippen LogP contribution is -2.41. The SMILES string of the molecule is CN1CCC(N(C)c2nc3c(C(N)=O)cccc3s2)CC1. The first-order chi connectivity index (χ1) is 10.1. The summed E-state index contributed by atoms with van der Waals surface area (Å²) in [4.78, 5) is 20.8. The molecule has 2 aromatic rings. The summed E-state index contributed by atoms with van der Waals surface area (Å²) in [7, 11) is 4.25. The van der Waals surface area contributed by atoms with Gasteiger partial charge in [-0.05, 0) is 45.1 Å². The lowest BCUT2D eigenvalue weighted by molar-refractivity contribution is 0.100. The Balaban J connectivity index is 1.90. The molecule has 5 nitrogen and oxygen atoms in total. The number of hydrogen-bond donors (Lipinski definition) is 1. The third kappa shape index (κ3) is 2.73. The van der Waals surface area contributed by atoms with Crippen LogP contribution < -0.4 is 10.6 Å². The molecular formula is C15H20N4OS. The van der Waals surface area contributed by atoms with E-state index in [-0.39, 0.29) is 0 Å². The van der Waals surface area contributed by atoms with Crippen LogP contribution in [0.15, 0.2) is 18.2 Å². The van der Waals surface area contributed by atoms with E-state index in [0.717, 1.165) is 41.3 Å². The number of thiazole rings is 1. The zero-order valence-electron chi connectivity index (χ0n) is 12.4. The molecule has 1 aliphatic heterocycles. The Morgan fingerprint density at radius 2 is 2.14 bits per heavy atom. The number of piperidine rings is 1. The summed E-state index contributed by atoms with van der Waals surface area (Å²) in [5.41, 5.74) is 6.66. The monoisotopic (exact) mass is 304 g/mol. The zero-order chi connectivity index (χ0) is 15.0. The molecule has 0 bridgehead atoms. The molecule has 0 aliphatic carbocycles. The van der Waals surface area contributed by atoms with Gasteiger partial charge < -0.3 is 15.5 Å². The van der Waals surface area contributed by atoms with E-state index in [0.29, 0.717) is 11.6 Å². The number of fused-ring (bicyclic) bond motifs is 1. The minimum Gasteiger partial charge on any atom is -0.366 e. The molecule has 6 heteroatoms. The molecular weight excluding hydrogens is 284 g/mol. The Bertz CT molecular complexity index is 661. The number of carbonyl (C=O) groups excluding carboxylic acids is 1. The Morgan fingerprint density at radius 1 is 1.43 bits per heavy atom. The van der Waals surface area contributed by atoms with E-state index in [4.69, 9.17) is 5.73 Å². The van der Waals surface area contributed by atoms with Crippen molar-refractivity contribution < 1.29 is 4.79 Å². The van der Waals surface area contributed by atoms with Crippen molar-refractivity contribution in [1.29, 1.82) is 0 Å². The lowest BCUT2D eigenvalue weighted by Gasteiger charge is -2.34. The van der Waals surface area contributed by atoms with Crippen LogP contribution in [0.5, 0.6) is 0 Å². The number of primary amides is 1. The summed E-state index contributed by atoms with van der Waals surface area (Å²) < 4.78 is 1.01. The van der Waals surface area contributed by atoms with Gasteiger partial charge in [0.05, 0.1) is 15.8 Å². The maximum atomic E-state index is 11.5. The van der Waals surface area contributed by atoms with E-state index in [9.17, 15) is 4.79 Å². The van der Waals surface area contributed by atoms with E-state index < -0.39 is 5.91 Å². The quantitative estimate of drug-likeness (QED) is 0.941. The fourth-order valence-corrected chi connectivity index (χ4v) is 3.85. The summed E-state index contributed by atoms with van der Waals surface area (Å²) in [6.07, 6.45) is 2.29. The smallest absolute Gasteiger partial charge is 0.250 e. The zero-order valence-corrected chi connectivity index (χ0v) is 13.2. The molecule has 21 heavy (non-hydrogen) atoms. The summed E-state index contributed by atoms with van der Waals surface area (Å²) in [6.45, 7) is 2.23. The van der Waals surface area contributed by atoms with Crippen LogP contribution >= 0.6 is 11.3 Å². The Morgan fingerprint density at radius 3 is 2.81 bits per heavy atom. The van der Waals surface area contributed by atoms with E-state index in [1.54, 1.807) is 17.4 Å². The van der Waals surface area contributed by atoms with Crippen molar-refractivity contribution in [3.63, 3.8) is 0 Å². The fraction of sp³-hybridized carbons (Fsp3) is 0.467. The van der Waals surface area contributed by atoms with Crippen LogP contribution in [0.4, 0.5) is 5.13 Å². The summed E-state index contributed by atoms with van der Waals surface area (Å²) >= 11 is 1.62. The summed E-state index contributed by atoms with van der Waals surface area (Å²) in [5.74, 6) is -0.417. The first kappa shape index (κ1) is 14.3. The average Bonchev–Trinajstić information content (AvgIpc) is 2.90. The number of nitrogens with zero attached hydrogens (tertiary/aromatic N) is 3. The first-order valence-corrected chi connectivity index (χ1v) is 7.98. The van der Waals surface area contributed by atoms with E-state index >= 15 is 0 Å². The van der Waals surface area contributed by atoms with Crippen LogP contribution in [-0.2, 0) is 0 Å². The molecule has 1 aliphatic rings. The Kier molecular flexibility index (Phi) is 3.82. The number of amides is 1. The van der Waals surface area contributed by atoms with Crippen LogP contribution in [0.25, 0.3) is 10.2 Å². The van der Waals surface area contributed by atoms with E-state index in [1.165, 1.54) is 0 Å². The predicted molar refractivity (Wildman–Crippen MR) is 87.1 cm³/mol. The molecule has 0 radical (unpaired) electrons. The molecule has 0 unspecified atom stereocenters. The standard InChI is InChI=1S/C15H20N4OS/c1-18-8-6-10(7-9-18)19(2)15-17-13-11(14(16)20)4-3-5-12(13)21-15/h3-5,10H,6-9H2,1-2H3,(H2,16,20). The maximum absolute atomic E-state index is 11.5. The number of anilines is 1. The number of hydrogen-bond acceptors (Lipinski definition) is 5. The maximum Gasteiger partial charge on any atom is 0.250 e. The van der Waals surface area contributed by atoms with Gasteiger partial charge in [0.1, 0.15) is 0 Å². The number of likely N-dealkylation sites (tertiary alicyclic amines) is 1. The van der Waals surface area contributed by atoms with Gasteiger partial charge in [-0.25, -0.2) is 4.98 Å². The number of aromatic nitrogens is 1.